The summed E-state index contributed by atoms with van der Waals surface area (Å²) in [6.07, 6.45) is 3.77. The van der Waals surface area contributed by atoms with Crippen LogP contribution >= 0.6 is 0 Å². The number of nitrogens with one attached hydrogen (secondary N) is 1. The Morgan fingerprint density at radius 3 is 2.68 bits per heavy atom. The summed E-state index contributed by atoms with van der Waals surface area (Å²) in [5.41, 5.74) is 2.22. The van der Waals surface area contributed by atoms with Crippen molar-refractivity contribution in [3.63, 3.8) is 0 Å². The summed E-state index contributed by atoms with van der Waals surface area (Å²) in [4.78, 5) is 11.1. The first-order valence-electron chi connectivity index (χ1n) is 8.56. The predicted molar refractivity (Wildman–Crippen MR) is 92.9 cm³/mol. The van der Waals surface area contributed by atoms with Crippen molar-refractivity contribution in [3.8, 4) is 11.5 Å². The molecule has 0 amide bonds. The fourth-order valence-corrected chi connectivity index (χ4v) is 2.94. The van der Waals surface area contributed by atoms with Gasteiger partial charge in [0.15, 0.2) is 11.5 Å². The highest BCUT2D eigenvalue weighted by atomic mass is 16.7. The van der Waals surface area contributed by atoms with E-state index >= 15 is 0 Å². The minimum atomic E-state index is 0.188. The number of nitrogens with zero attached hydrogens (tertiary/aromatic N) is 3. The molecule has 0 bridgehead atoms. The van der Waals surface area contributed by atoms with Gasteiger partial charge in [-0.2, -0.15) is 0 Å². The molecular weight excluding hydrogens is 320 g/mol. The quantitative estimate of drug-likeness (QED) is 0.890. The fourth-order valence-electron chi connectivity index (χ4n) is 2.94. The van der Waals surface area contributed by atoms with E-state index in [1.807, 2.05) is 24.5 Å². The maximum Gasteiger partial charge on any atom is 0.231 e. The normalized spacial score (nSPS) is 17.6. The second-order valence-electron chi connectivity index (χ2n) is 6.21. The smallest absolute Gasteiger partial charge is 0.231 e. The highest BCUT2D eigenvalue weighted by molar-refractivity contribution is 5.45. The van der Waals surface area contributed by atoms with Crippen LogP contribution in [0.4, 0.5) is 5.95 Å². The summed E-state index contributed by atoms with van der Waals surface area (Å²) in [5.74, 6) is 2.39. The van der Waals surface area contributed by atoms with Crippen LogP contribution in [0.3, 0.4) is 0 Å². The molecule has 2 aliphatic heterocycles. The van der Waals surface area contributed by atoms with Gasteiger partial charge in [0.2, 0.25) is 12.7 Å². The number of rotatable bonds is 5. The van der Waals surface area contributed by atoms with Gasteiger partial charge in [0, 0.05) is 43.6 Å². The summed E-state index contributed by atoms with van der Waals surface area (Å²) in [5, 5.41) is 3.50. The van der Waals surface area contributed by atoms with E-state index in [4.69, 9.17) is 14.2 Å². The van der Waals surface area contributed by atoms with Crippen molar-refractivity contribution in [1.82, 2.24) is 15.3 Å². The summed E-state index contributed by atoms with van der Waals surface area (Å²) >= 11 is 0. The van der Waals surface area contributed by atoms with Crippen LogP contribution in [0, 0.1) is 0 Å². The molecule has 25 heavy (non-hydrogen) atoms. The molecule has 1 N–H and O–H groups in total. The van der Waals surface area contributed by atoms with Crippen molar-refractivity contribution >= 4 is 5.95 Å². The van der Waals surface area contributed by atoms with E-state index in [1.54, 1.807) is 0 Å². The first-order valence-corrected chi connectivity index (χ1v) is 8.56. The third-order valence-electron chi connectivity index (χ3n) is 4.49. The van der Waals surface area contributed by atoms with Gasteiger partial charge in [-0.25, -0.2) is 9.97 Å². The molecule has 0 aliphatic carbocycles. The number of ether oxygens (including phenoxy) is 3. The van der Waals surface area contributed by atoms with Gasteiger partial charge in [0.05, 0.1) is 13.2 Å². The molecule has 0 saturated carbocycles. The fraction of sp³-hybridized carbons (Fsp3) is 0.444. The number of hydrogen-bond donors (Lipinski definition) is 1. The predicted octanol–water partition coefficient (Wildman–Crippen LogP) is 1.89. The van der Waals surface area contributed by atoms with Gasteiger partial charge in [-0.1, -0.05) is 6.07 Å². The molecule has 1 saturated heterocycles. The topological polar surface area (TPSA) is 68.7 Å². The molecule has 132 valence electrons. The molecular formula is C18H22N4O3. The van der Waals surface area contributed by atoms with Crippen LogP contribution in [-0.2, 0) is 11.3 Å². The molecule has 1 atom stereocenters. The summed E-state index contributed by atoms with van der Waals surface area (Å²) < 4.78 is 16.1. The van der Waals surface area contributed by atoms with Crippen molar-refractivity contribution in [1.29, 1.82) is 0 Å². The monoisotopic (exact) mass is 342 g/mol. The van der Waals surface area contributed by atoms with Crippen LogP contribution in [-0.4, -0.2) is 43.1 Å². The molecule has 2 aromatic rings. The van der Waals surface area contributed by atoms with E-state index in [-0.39, 0.29) is 6.04 Å². The minimum absolute atomic E-state index is 0.188. The number of anilines is 1. The van der Waals surface area contributed by atoms with Gasteiger partial charge in [0.1, 0.15) is 0 Å². The van der Waals surface area contributed by atoms with E-state index in [2.05, 4.69) is 33.2 Å². The Kier molecular flexibility index (Phi) is 4.67. The number of morpholine rings is 1. The van der Waals surface area contributed by atoms with E-state index < -0.39 is 0 Å². The van der Waals surface area contributed by atoms with Gasteiger partial charge in [-0.05, 0) is 24.6 Å². The average molecular weight is 342 g/mol. The van der Waals surface area contributed by atoms with Crippen molar-refractivity contribution in [3.05, 3.63) is 41.7 Å². The van der Waals surface area contributed by atoms with Crippen LogP contribution < -0.4 is 19.7 Å². The van der Waals surface area contributed by atoms with Crippen molar-refractivity contribution < 1.29 is 14.2 Å². The van der Waals surface area contributed by atoms with Crippen LogP contribution in [0.2, 0.25) is 0 Å². The maximum absolute atomic E-state index is 5.44. The Hall–Kier alpha value is -2.38. The van der Waals surface area contributed by atoms with Gasteiger partial charge in [-0.15, -0.1) is 0 Å². The van der Waals surface area contributed by atoms with Crippen LogP contribution in [0.25, 0.3) is 0 Å². The Morgan fingerprint density at radius 1 is 1.12 bits per heavy atom. The average Bonchev–Trinajstić information content (AvgIpc) is 3.15. The molecule has 7 nitrogen and oxygen atoms in total. The van der Waals surface area contributed by atoms with Gasteiger partial charge in [0.25, 0.3) is 0 Å². The van der Waals surface area contributed by atoms with Crippen LogP contribution in [0.5, 0.6) is 11.5 Å². The van der Waals surface area contributed by atoms with Crippen molar-refractivity contribution in [2.75, 3.05) is 38.0 Å². The third kappa shape index (κ3) is 3.67. The number of hydrogen-bond acceptors (Lipinski definition) is 7. The number of benzene rings is 1. The Morgan fingerprint density at radius 2 is 1.88 bits per heavy atom. The molecule has 1 fully saturated rings. The lowest BCUT2D eigenvalue weighted by Crippen LogP contribution is -2.37. The van der Waals surface area contributed by atoms with Crippen molar-refractivity contribution in [2.45, 2.75) is 19.5 Å². The van der Waals surface area contributed by atoms with Gasteiger partial charge < -0.3 is 24.4 Å². The highest BCUT2D eigenvalue weighted by Gasteiger charge is 2.16. The zero-order valence-electron chi connectivity index (χ0n) is 14.3. The second-order valence-corrected chi connectivity index (χ2v) is 6.21. The molecule has 4 rings (SSSR count). The van der Waals surface area contributed by atoms with E-state index in [0.717, 1.165) is 54.9 Å². The van der Waals surface area contributed by atoms with Crippen LogP contribution in [0.1, 0.15) is 24.1 Å². The lowest BCUT2D eigenvalue weighted by Gasteiger charge is -2.26. The second kappa shape index (κ2) is 7.25. The first kappa shape index (κ1) is 16.1. The molecule has 7 heteroatoms. The Balaban J connectivity index is 1.34. The lowest BCUT2D eigenvalue weighted by molar-refractivity contribution is 0.122. The zero-order valence-corrected chi connectivity index (χ0v) is 14.3. The molecule has 0 unspecified atom stereocenters. The van der Waals surface area contributed by atoms with E-state index in [9.17, 15) is 0 Å². The lowest BCUT2D eigenvalue weighted by atomic mass is 10.1. The standard InChI is InChI=1S/C18H22N4O3/c1-13(15-2-3-16-17(8-15)25-12-24-16)19-9-14-10-20-18(21-11-14)22-4-6-23-7-5-22/h2-3,8,10-11,13,19H,4-7,9,12H2,1H3/t13-/m0/s1. The van der Waals surface area contributed by atoms with E-state index in [1.165, 1.54) is 0 Å². The molecule has 3 heterocycles. The van der Waals surface area contributed by atoms with Crippen LogP contribution in [0.15, 0.2) is 30.6 Å². The third-order valence-corrected chi connectivity index (χ3v) is 4.49. The molecule has 1 aromatic carbocycles. The summed E-state index contributed by atoms with van der Waals surface area (Å²) in [6.45, 7) is 6.30. The SMILES string of the molecule is C[C@H](NCc1cnc(N2CCOCC2)nc1)c1ccc2c(c1)OCO2. The minimum Gasteiger partial charge on any atom is -0.454 e. The molecule has 0 radical (unpaired) electrons. The maximum atomic E-state index is 5.44. The Labute approximate surface area is 146 Å². The molecule has 2 aliphatic rings. The van der Waals surface area contributed by atoms with Crippen molar-refractivity contribution in [2.24, 2.45) is 0 Å². The Bertz CT molecular complexity index is 717. The molecule has 1 aromatic heterocycles. The first-order chi connectivity index (χ1) is 12.3. The summed E-state index contributed by atoms with van der Waals surface area (Å²) in [6, 6.07) is 6.23. The summed E-state index contributed by atoms with van der Waals surface area (Å²) in [7, 11) is 0. The van der Waals surface area contributed by atoms with E-state index in [0.29, 0.717) is 13.3 Å². The van der Waals surface area contributed by atoms with Gasteiger partial charge >= 0.3 is 0 Å². The zero-order chi connectivity index (χ0) is 17.1. The largest absolute Gasteiger partial charge is 0.454 e. The highest BCUT2D eigenvalue weighted by Crippen LogP contribution is 2.34. The molecule has 0 spiro atoms. The van der Waals surface area contributed by atoms with Gasteiger partial charge in [-0.3, -0.25) is 0 Å². The number of aromatic nitrogens is 2. The number of fused-ring (bicyclic) bond motifs is 1.